The van der Waals surface area contributed by atoms with E-state index in [0.717, 1.165) is 13.1 Å². The van der Waals surface area contributed by atoms with E-state index in [1.807, 2.05) is 0 Å². The summed E-state index contributed by atoms with van der Waals surface area (Å²) in [5.41, 5.74) is 0. The Morgan fingerprint density at radius 3 is 1.95 bits per heavy atom. The smallest absolute Gasteiger partial charge is 0.475 e. The number of carboxylic acid groups (broad SMARTS) is 1. The fraction of sp³-hybridized carbons (Fsp3) is 0.818. The third-order valence-corrected chi connectivity index (χ3v) is 3.10. The summed E-state index contributed by atoms with van der Waals surface area (Å²) in [5.74, 6) is -2.24. The second-order valence-corrected chi connectivity index (χ2v) is 4.65. The molecule has 0 atom stereocenters. The first-order valence-corrected chi connectivity index (χ1v) is 6.12. The maximum atomic E-state index is 11.4. The molecule has 0 aromatic carbocycles. The van der Waals surface area contributed by atoms with E-state index in [1.54, 1.807) is 0 Å². The number of nitrogens with one attached hydrogen (secondary N) is 2. The molecule has 1 aliphatic heterocycles. The standard InChI is InChI=1S/C9H16N2O.C2HF3O2/c12-9(7-5-10-6-7)11-8-3-1-2-4-8;3-2(4,5)1(6)7/h7-8,10H,1-6H2,(H,11,12);(H,6,7). The van der Waals surface area contributed by atoms with Gasteiger partial charge in [0.2, 0.25) is 5.91 Å². The largest absolute Gasteiger partial charge is 0.490 e. The number of halogens is 3. The highest BCUT2D eigenvalue weighted by atomic mass is 19.4. The molecule has 1 heterocycles. The van der Waals surface area contributed by atoms with Gasteiger partial charge in [-0.1, -0.05) is 12.8 Å². The maximum Gasteiger partial charge on any atom is 0.490 e. The third-order valence-electron chi connectivity index (χ3n) is 3.10. The molecule has 3 N–H and O–H groups in total. The van der Waals surface area contributed by atoms with Crippen molar-refractivity contribution >= 4 is 11.9 Å². The molecule has 0 radical (unpaired) electrons. The highest BCUT2D eigenvalue weighted by Crippen LogP contribution is 2.18. The zero-order chi connectivity index (χ0) is 14.5. The van der Waals surface area contributed by atoms with Gasteiger partial charge >= 0.3 is 12.1 Å². The van der Waals surface area contributed by atoms with E-state index in [1.165, 1.54) is 25.7 Å². The van der Waals surface area contributed by atoms with Crippen molar-refractivity contribution in [2.45, 2.75) is 37.9 Å². The molecule has 5 nitrogen and oxygen atoms in total. The first-order chi connectivity index (χ1) is 8.80. The molecule has 19 heavy (non-hydrogen) atoms. The lowest BCUT2D eigenvalue weighted by atomic mass is 10.0. The summed E-state index contributed by atoms with van der Waals surface area (Å²) >= 11 is 0. The van der Waals surface area contributed by atoms with Crippen LogP contribution >= 0.6 is 0 Å². The minimum absolute atomic E-state index is 0.255. The summed E-state index contributed by atoms with van der Waals surface area (Å²) in [4.78, 5) is 20.3. The number of hydrogen-bond acceptors (Lipinski definition) is 3. The van der Waals surface area contributed by atoms with Crippen molar-refractivity contribution < 1.29 is 27.9 Å². The molecule has 0 aromatic heterocycles. The van der Waals surface area contributed by atoms with Crippen LogP contribution in [0.5, 0.6) is 0 Å². The molecule has 2 fully saturated rings. The summed E-state index contributed by atoms with van der Waals surface area (Å²) < 4.78 is 31.7. The average Bonchev–Trinajstić information content (AvgIpc) is 2.66. The van der Waals surface area contributed by atoms with Crippen LogP contribution < -0.4 is 10.6 Å². The van der Waals surface area contributed by atoms with Crippen LogP contribution in [0, 0.1) is 5.92 Å². The van der Waals surface area contributed by atoms with E-state index in [4.69, 9.17) is 9.90 Å². The van der Waals surface area contributed by atoms with E-state index >= 15 is 0 Å². The minimum Gasteiger partial charge on any atom is -0.475 e. The summed E-state index contributed by atoms with van der Waals surface area (Å²) in [7, 11) is 0. The van der Waals surface area contributed by atoms with E-state index in [9.17, 15) is 18.0 Å². The number of carboxylic acids is 1. The van der Waals surface area contributed by atoms with E-state index in [2.05, 4.69) is 10.6 Å². The van der Waals surface area contributed by atoms with Gasteiger partial charge in [-0.15, -0.1) is 0 Å². The third kappa shape index (κ3) is 5.46. The molecule has 0 spiro atoms. The van der Waals surface area contributed by atoms with Gasteiger partial charge in [-0.25, -0.2) is 4.79 Å². The Balaban J connectivity index is 0.000000224. The predicted octanol–water partition coefficient (Wildman–Crippen LogP) is 0.898. The fourth-order valence-corrected chi connectivity index (χ4v) is 1.86. The highest BCUT2D eigenvalue weighted by Gasteiger charge is 2.38. The molecule has 8 heteroatoms. The van der Waals surface area contributed by atoms with Gasteiger partial charge in [-0.3, -0.25) is 4.79 Å². The molecular formula is C11H17F3N2O3. The van der Waals surface area contributed by atoms with E-state index in [-0.39, 0.29) is 11.8 Å². The Morgan fingerprint density at radius 1 is 1.16 bits per heavy atom. The molecule has 0 aromatic rings. The van der Waals surface area contributed by atoms with Crippen LogP contribution in [-0.4, -0.2) is 42.3 Å². The second-order valence-electron chi connectivity index (χ2n) is 4.65. The first-order valence-electron chi connectivity index (χ1n) is 6.12. The van der Waals surface area contributed by atoms with Crippen LogP contribution in [0.3, 0.4) is 0 Å². The number of amides is 1. The fourth-order valence-electron chi connectivity index (χ4n) is 1.86. The van der Waals surface area contributed by atoms with Gasteiger partial charge in [-0.2, -0.15) is 13.2 Å². The van der Waals surface area contributed by atoms with Gasteiger partial charge in [0.1, 0.15) is 0 Å². The van der Waals surface area contributed by atoms with Crippen molar-refractivity contribution in [3.05, 3.63) is 0 Å². The van der Waals surface area contributed by atoms with Crippen molar-refractivity contribution in [1.82, 2.24) is 10.6 Å². The van der Waals surface area contributed by atoms with Crippen molar-refractivity contribution in [3.8, 4) is 0 Å². The van der Waals surface area contributed by atoms with Crippen LogP contribution in [0.2, 0.25) is 0 Å². The maximum absolute atomic E-state index is 11.4. The summed E-state index contributed by atoms with van der Waals surface area (Å²) in [6, 6.07) is 0.484. The number of rotatable bonds is 2. The topological polar surface area (TPSA) is 78.4 Å². The van der Waals surface area contributed by atoms with Crippen molar-refractivity contribution in [1.29, 1.82) is 0 Å². The van der Waals surface area contributed by atoms with Gasteiger partial charge < -0.3 is 15.7 Å². The molecule has 110 valence electrons. The molecule has 1 saturated heterocycles. The summed E-state index contributed by atoms with van der Waals surface area (Å²) in [6.07, 6.45) is -0.139. The summed E-state index contributed by atoms with van der Waals surface area (Å²) in [6.45, 7) is 1.75. The Morgan fingerprint density at radius 2 is 1.63 bits per heavy atom. The van der Waals surface area contributed by atoms with Gasteiger partial charge in [-0.05, 0) is 12.8 Å². The van der Waals surface area contributed by atoms with Crippen molar-refractivity contribution in [3.63, 3.8) is 0 Å². The molecular weight excluding hydrogens is 265 g/mol. The molecule has 1 amide bonds. The van der Waals surface area contributed by atoms with Gasteiger partial charge in [0, 0.05) is 19.1 Å². The summed E-state index contributed by atoms with van der Waals surface area (Å²) in [5, 5.41) is 13.3. The van der Waals surface area contributed by atoms with E-state index in [0.29, 0.717) is 6.04 Å². The van der Waals surface area contributed by atoms with Crippen molar-refractivity contribution in [2.24, 2.45) is 5.92 Å². The quantitative estimate of drug-likeness (QED) is 0.703. The average molecular weight is 282 g/mol. The Kier molecular flexibility index (Phi) is 5.59. The zero-order valence-electron chi connectivity index (χ0n) is 10.3. The van der Waals surface area contributed by atoms with Gasteiger partial charge in [0.25, 0.3) is 0 Å². The molecule has 1 saturated carbocycles. The lowest BCUT2D eigenvalue weighted by molar-refractivity contribution is -0.192. The van der Waals surface area contributed by atoms with Crippen LogP contribution in [-0.2, 0) is 9.59 Å². The van der Waals surface area contributed by atoms with Crippen LogP contribution in [0.1, 0.15) is 25.7 Å². The lowest BCUT2D eigenvalue weighted by Gasteiger charge is -2.27. The Bertz CT molecular complexity index is 324. The number of alkyl halides is 3. The van der Waals surface area contributed by atoms with Crippen LogP contribution in [0.15, 0.2) is 0 Å². The Hall–Kier alpha value is -1.31. The molecule has 0 bridgehead atoms. The first kappa shape index (κ1) is 15.7. The van der Waals surface area contributed by atoms with Crippen molar-refractivity contribution in [2.75, 3.05) is 13.1 Å². The second kappa shape index (κ2) is 6.74. The number of carbonyl (C=O) groups is 2. The predicted molar refractivity (Wildman–Crippen MR) is 60.4 cm³/mol. The number of aliphatic carboxylic acids is 1. The van der Waals surface area contributed by atoms with Crippen LogP contribution in [0.25, 0.3) is 0 Å². The monoisotopic (exact) mass is 282 g/mol. The molecule has 0 unspecified atom stereocenters. The molecule has 1 aliphatic carbocycles. The molecule has 2 rings (SSSR count). The molecule has 2 aliphatic rings. The van der Waals surface area contributed by atoms with E-state index < -0.39 is 12.1 Å². The van der Waals surface area contributed by atoms with Gasteiger partial charge in [0.15, 0.2) is 0 Å². The zero-order valence-corrected chi connectivity index (χ0v) is 10.3. The minimum atomic E-state index is -5.08. The highest BCUT2D eigenvalue weighted by molar-refractivity contribution is 5.80. The van der Waals surface area contributed by atoms with Crippen LogP contribution in [0.4, 0.5) is 13.2 Å². The normalized spacial score (nSPS) is 20.2. The SMILES string of the molecule is O=C(NC1CCCC1)C1CNC1.O=C(O)C(F)(F)F. The lowest BCUT2D eigenvalue weighted by Crippen LogP contribution is -2.52. The Labute approximate surface area is 108 Å². The van der Waals surface area contributed by atoms with Gasteiger partial charge in [0.05, 0.1) is 5.92 Å². The number of carbonyl (C=O) groups excluding carboxylic acids is 1. The number of hydrogen-bond donors (Lipinski definition) is 3.